The van der Waals surface area contributed by atoms with Crippen LogP contribution in [-0.2, 0) is 6.42 Å². The van der Waals surface area contributed by atoms with Gasteiger partial charge in [-0.05, 0) is 24.0 Å². The van der Waals surface area contributed by atoms with E-state index >= 15 is 0 Å². The predicted molar refractivity (Wildman–Crippen MR) is 68.6 cm³/mol. The fraction of sp³-hybridized carbons (Fsp3) is 0.333. The van der Waals surface area contributed by atoms with Crippen LogP contribution in [0.25, 0.3) is 11.5 Å². The first-order valence-corrected chi connectivity index (χ1v) is 6.21. The van der Waals surface area contributed by atoms with Crippen LogP contribution in [0.3, 0.4) is 0 Å². The van der Waals surface area contributed by atoms with E-state index in [1.54, 1.807) is 12.1 Å². The molecule has 1 heterocycles. The molecule has 0 saturated heterocycles. The van der Waals surface area contributed by atoms with Crippen LogP contribution >= 0.6 is 0 Å². The first kappa shape index (κ1) is 15.5. The molecule has 2 N–H and O–H groups in total. The number of aryl methyl sites for hydroxylation is 1. The van der Waals surface area contributed by atoms with Crippen molar-refractivity contribution in [3.63, 3.8) is 0 Å². The van der Waals surface area contributed by atoms with E-state index in [1.165, 1.54) is 12.1 Å². The lowest BCUT2D eigenvalue weighted by atomic mass is 9.80. The van der Waals surface area contributed by atoms with Crippen molar-refractivity contribution in [3.05, 3.63) is 30.2 Å². The summed E-state index contributed by atoms with van der Waals surface area (Å²) in [6.45, 7) is 0. The highest BCUT2D eigenvalue weighted by molar-refractivity contribution is 6.58. The van der Waals surface area contributed by atoms with Gasteiger partial charge in [0.1, 0.15) is 0 Å². The molecule has 9 heteroatoms. The van der Waals surface area contributed by atoms with Crippen molar-refractivity contribution < 1.29 is 27.6 Å². The Bertz CT molecular complexity index is 584. The first-order chi connectivity index (χ1) is 9.85. The summed E-state index contributed by atoms with van der Waals surface area (Å²) in [4.78, 5) is 0. The molecule has 1 aromatic heterocycles. The molecule has 2 aromatic rings. The van der Waals surface area contributed by atoms with Gasteiger partial charge in [-0.3, -0.25) is 0 Å². The highest BCUT2D eigenvalue weighted by Crippen LogP contribution is 2.23. The second-order valence-electron chi connectivity index (χ2n) is 4.47. The number of nitrogens with zero attached hydrogens (tertiary/aromatic N) is 2. The molecule has 0 fully saturated rings. The Hall–Kier alpha value is -1.87. The Morgan fingerprint density at radius 3 is 2.33 bits per heavy atom. The highest BCUT2D eigenvalue weighted by atomic mass is 19.4. The summed E-state index contributed by atoms with van der Waals surface area (Å²) >= 11 is 0. The minimum absolute atomic E-state index is 0.0555. The van der Waals surface area contributed by atoms with Crippen LogP contribution in [0.15, 0.2) is 28.7 Å². The average Bonchev–Trinajstić information content (AvgIpc) is 2.86. The normalized spacial score (nSPS) is 11.7. The zero-order valence-corrected chi connectivity index (χ0v) is 10.8. The topological polar surface area (TPSA) is 79.4 Å². The van der Waals surface area contributed by atoms with Gasteiger partial charge in [-0.2, -0.15) is 13.2 Å². The second kappa shape index (κ2) is 6.27. The molecule has 0 aliphatic rings. The Morgan fingerprint density at radius 1 is 1.10 bits per heavy atom. The second-order valence-corrected chi connectivity index (χ2v) is 4.47. The van der Waals surface area contributed by atoms with Crippen LogP contribution in [-0.4, -0.2) is 33.5 Å². The Kier molecular flexibility index (Phi) is 4.64. The zero-order valence-electron chi connectivity index (χ0n) is 10.8. The number of benzene rings is 1. The molecule has 0 aliphatic carbocycles. The van der Waals surface area contributed by atoms with E-state index in [0.717, 1.165) is 0 Å². The maximum atomic E-state index is 12.0. The highest BCUT2D eigenvalue weighted by Gasteiger charge is 2.26. The van der Waals surface area contributed by atoms with Gasteiger partial charge >= 0.3 is 13.3 Å². The van der Waals surface area contributed by atoms with Gasteiger partial charge in [-0.25, -0.2) is 0 Å². The first-order valence-electron chi connectivity index (χ1n) is 6.21. The number of hydrogen-bond acceptors (Lipinski definition) is 5. The summed E-state index contributed by atoms with van der Waals surface area (Å²) < 4.78 is 41.3. The molecule has 0 radical (unpaired) electrons. The van der Waals surface area contributed by atoms with Gasteiger partial charge in [0.05, 0.1) is 0 Å². The summed E-state index contributed by atoms with van der Waals surface area (Å²) in [7, 11) is -1.57. The molecule has 21 heavy (non-hydrogen) atoms. The zero-order chi connectivity index (χ0) is 15.5. The standard InChI is InChI=1S/C12H12BF3N2O3/c14-12(15,16)7-1-2-10-17-18-11(21-10)8-3-5-9(6-4-8)13(19)20/h3-6,19-20H,1-2,7H2. The molecule has 0 amide bonds. The summed E-state index contributed by atoms with van der Waals surface area (Å²) in [6.07, 6.45) is -5.14. The number of aromatic nitrogens is 2. The van der Waals surface area contributed by atoms with Crippen LogP contribution in [0, 0.1) is 0 Å². The van der Waals surface area contributed by atoms with Gasteiger partial charge in [0.15, 0.2) is 0 Å². The molecule has 0 spiro atoms. The van der Waals surface area contributed by atoms with Crippen LogP contribution in [0.5, 0.6) is 0 Å². The number of halogens is 3. The molecule has 0 bridgehead atoms. The van der Waals surface area contributed by atoms with E-state index < -0.39 is 19.7 Å². The monoisotopic (exact) mass is 300 g/mol. The molecule has 0 atom stereocenters. The number of hydrogen-bond donors (Lipinski definition) is 2. The van der Waals surface area contributed by atoms with Crippen molar-refractivity contribution in [2.24, 2.45) is 0 Å². The molecule has 112 valence electrons. The summed E-state index contributed by atoms with van der Waals surface area (Å²) in [5, 5.41) is 25.4. The van der Waals surface area contributed by atoms with Crippen molar-refractivity contribution in [1.29, 1.82) is 0 Å². The third-order valence-electron chi connectivity index (χ3n) is 2.77. The summed E-state index contributed by atoms with van der Waals surface area (Å²) in [5.74, 6) is 0.316. The van der Waals surface area contributed by atoms with Gasteiger partial charge in [0.2, 0.25) is 11.8 Å². The van der Waals surface area contributed by atoms with E-state index in [0.29, 0.717) is 11.0 Å². The SMILES string of the molecule is OB(O)c1ccc(-c2nnc(CCCC(F)(F)F)o2)cc1. The molecule has 2 rings (SSSR count). The lowest BCUT2D eigenvalue weighted by molar-refractivity contribution is -0.135. The van der Waals surface area contributed by atoms with Crippen molar-refractivity contribution >= 4 is 12.6 Å². The predicted octanol–water partition coefficient (Wildman–Crippen LogP) is 1.30. The molecule has 1 aromatic carbocycles. The van der Waals surface area contributed by atoms with Gasteiger partial charge < -0.3 is 14.5 Å². The maximum absolute atomic E-state index is 12.0. The van der Waals surface area contributed by atoms with E-state index in [1.807, 2.05) is 0 Å². The molecule has 0 unspecified atom stereocenters. The number of rotatable bonds is 5. The van der Waals surface area contributed by atoms with Gasteiger partial charge in [0, 0.05) is 18.4 Å². The van der Waals surface area contributed by atoms with Crippen molar-refractivity contribution in [1.82, 2.24) is 10.2 Å². The van der Waals surface area contributed by atoms with E-state index in [9.17, 15) is 13.2 Å². The van der Waals surface area contributed by atoms with Crippen LogP contribution < -0.4 is 5.46 Å². The fourth-order valence-electron chi connectivity index (χ4n) is 1.71. The minimum Gasteiger partial charge on any atom is -0.423 e. The Labute approximate surface area is 118 Å². The van der Waals surface area contributed by atoms with Crippen LogP contribution in [0.1, 0.15) is 18.7 Å². The van der Waals surface area contributed by atoms with E-state index in [-0.39, 0.29) is 24.6 Å². The van der Waals surface area contributed by atoms with E-state index in [4.69, 9.17) is 14.5 Å². The lowest BCUT2D eigenvalue weighted by Crippen LogP contribution is -2.29. The fourth-order valence-corrected chi connectivity index (χ4v) is 1.71. The van der Waals surface area contributed by atoms with E-state index in [2.05, 4.69) is 10.2 Å². The maximum Gasteiger partial charge on any atom is 0.488 e. The largest absolute Gasteiger partial charge is 0.488 e. The van der Waals surface area contributed by atoms with Gasteiger partial charge in [-0.1, -0.05) is 12.1 Å². The third kappa shape index (κ3) is 4.57. The molecule has 5 nitrogen and oxygen atoms in total. The van der Waals surface area contributed by atoms with Crippen LogP contribution in [0.4, 0.5) is 13.2 Å². The molecular formula is C12H12BF3N2O3. The summed E-state index contributed by atoms with van der Waals surface area (Å²) in [5.41, 5.74) is 0.859. The van der Waals surface area contributed by atoms with Gasteiger partial charge in [0.25, 0.3) is 0 Å². The molecular weight excluding hydrogens is 288 g/mol. The van der Waals surface area contributed by atoms with Crippen molar-refractivity contribution in [3.8, 4) is 11.5 Å². The lowest BCUT2D eigenvalue weighted by Gasteiger charge is -2.03. The van der Waals surface area contributed by atoms with Crippen molar-refractivity contribution in [2.45, 2.75) is 25.4 Å². The molecule has 0 saturated carbocycles. The Balaban J connectivity index is 1.99. The number of alkyl halides is 3. The summed E-state index contributed by atoms with van der Waals surface area (Å²) in [6, 6.07) is 6.07. The Morgan fingerprint density at radius 2 is 1.76 bits per heavy atom. The van der Waals surface area contributed by atoms with Crippen LogP contribution in [0.2, 0.25) is 0 Å². The average molecular weight is 300 g/mol. The smallest absolute Gasteiger partial charge is 0.423 e. The van der Waals surface area contributed by atoms with Crippen molar-refractivity contribution in [2.75, 3.05) is 0 Å². The van der Waals surface area contributed by atoms with Gasteiger partial charge in [-0.15, -0.1) is 10.2 Å². The molecule has 0 aliphatic heterocycles. The third-order valence-corrected chi connectivity index (χ3v) is 2.77. The quantitative estimate of drug-likeness (QED) is 0.814. The minimum atomic E-state index is -4.19.